The summed E-state index contributed by atoms with van der Waals surface area (Å²) in [6, 6.07) is 31.8. The molecule has 0 aliphatic carbocycles. The molecule has 0 N–H and O–H groups in total. The Morgan fingerprint density at radius 2 is 0.712 bits per heavy atom. The van der Waals surface area contributed by atoms with E-state index in [-0.39, 0.29) is 74.4 Å². The van der Waals surface area contributed by atoms with Gasteiger partial charge in [-0.1, -0.05) is 76.2 Å². The summed E-state index contributed by atoms with van der Waals surface area (Å²) in [6.45, 7) is 8.72. The molecule has 2 heterocycles. The van der Waals surface area contributed by atoms with Crippen molar-refractivity contribution >= 4 is 11.8 Å². The molecular formula is C41H46Br2N2NiO6. The predicted molar refractivity (Wildman–Crippen MR) is 192 cm³/mol. The summed E-state index contributed by atoms with van der Waals surface area (Å²) in [5.41, 5.74) is 2.16. The fourth-order valence-corrected chi connectivity index (χ4v) is 7.17. The maximum atomic E-state index is 7.11. The van der Waals surface area contributed by atoms with Gasteiger partial charge in [0.25, 0.3) is 0 Å². The van der Waals surface area contributed by atoms with Crippen molar-refractivity contribution < 1.29 is 78.9 Å². The molecule has 0 saturated heterocycles. The van der Waals surface area contributed by atoms with E-state index in [9.17, 15) is 0 Å². The van der Waals surface area contributed by atoms with Crippen molar-refractivity contribution in [3.8, 4) is 23.0 Å². The molecule has 2 atom stereocenters. The molecule has 0 saturated carbocycles. The van der Waals surface area contributed by atoms with Gasteiger partial charge in [-0.25, -0.2) is 9.98 Å². The van der Waals surface area contributed by atoms with E-state index in [2.05, 4.69) is 76.2 Å². The first-order valence-electron chi connectivity index (χ1n) is 16.8. The largest absolute Gasteiger partial charge is 2.00 e. The second kappa shape index (κ2) is 18.0. The first-order chi connectivity index (χ1) is 23.7. The number of nitrogens with zero attached hydrogens (tertiary/aromatic N) is 2. The van der Waals surface area contributed by atoms with E-state index in [1.165, 1.54) is 0 Å². The van der Waals surface area contributed by atoms with E-state index in [0.717, 1.165) is 45.3 Å². The number of halogens is 2. The van der Waals surface area contributed by atoms with Crippen molar-refractivity contribution in [3.05, 3.63) is 119 Å². The van der Waals surface area contributed by atoms with Crippen molar-refractivity contribution in [2.75, 3.05) is 28.4 Å². The van der Waals surface area contributed by atoms with Crippen LogP contribution in [0.4, 0.5) is 0 Å². The number of benzene rings is 4. The maximum absolute atomic E-state index is 7.11. The Balaban J connectivity index is 0.00000243. The Hall–Kier alpha value is -3.53. The molecule has 4 aromatic rings. The Morgan fingerprint density at radius 3 is 0.904 bits per heavy atom. The van der Waals surface area contributed by atoms with Crippen LogP contribution in [0.15, 0.2) is 107 Å². The molecule has 52 heavy (non-hydrogen) atoms. The third-order valence-electron chi connectivity index (χ3n) is 9.60. The number of ether oxygens (including phenoxy) is 6. The van der Waals surface area contributed by atoms with Gasteiger partial charge in [0, 0.05) is 22.3 Å². The molecule has 6 rings (SSSR count). The molecule has 11 heteroatoms. The molecule has 0 unspecified atom stereocenters. The van der Waals surface area contributed by atoms with Crippen LogP contribution in [0.5, 0.6) is 23.0 Å². The molecule has 0 radical (unpaired) electrons. The Morgan fingerprint density at radius 1 is 0.481 bits per heavy atom. The van der Waals surface area contributed by atoms with Crippen LogP contribution in [-0.4, -0.2) is 52.3 Å². The normalized spacial score (nSPS) is 18.0. The summed E-state index contributed by atoms with van der Waals surface area (Å²) < 4.78 is 36.2. The van der Waals surface area contributed by atoms with Gasteiger partial charge in [-0.2, -0.15) is 0 Å². The minimum absolute atomic E-state index is 0. The SMILES string of the molecule is COc1ccc(C2(c3ccc(OC)cc3)OC(CC3=N[C@H](C(C)C)C(c4ccc(OC)cc4)(c4ccc(OC)cc4)O3)=N[C@@H]2C(C)C)cc1.[Br-].[Br-].[Ni+2]. The van der Waals surface area contributed by atoms with E-state index in [4.69, 9.17) is 38.4 Å². The molecule has 0 amide bonds. The molecule has 280 valence electrons. The smallest absolute Gasteiger partial charge is 1.00 e. The van der Waals surface area contributed by atoms with E-state index >= 15 is 0 Å². The zero-order valence-corrected chi connectivity index (χ0v) is 34.8. The van der Waals surface area contributed by atoms with Gasteiger partial charge >= 0.3 is 16.5 Å². The second-order valence-corrected chi connectivity index (χ2v) is 13.2. The number of hydrogen-bond acceptors (Lipinski definition) is 8. The molecule has 2 aliphatic heterocycles. The van der Waals surface area contributed by atoms with Crippen LogP contribution in [0, 0.1) is 11.8 Å². The van der Waals surface area contributed by atoms with Crippen molar-refractivity contribution in [1.82, 2.24) is 0 Å². The van der Waals surface area contributed by atoms with Crippen LogP contribution in [0.1, 0.15) is 56.4 Å². The number of hydrogen-bond donors (Lipinski definition) is 0. The minimum atomic E-state index is -0.887. The summed E-state index contributed by atoms with van der Waals surface area (Å²) in [5, 5.41) is 0. The minimum Gasteiger partial charge on any atom is -1.00 e. The quantitative estimate of drug-likeness (QED) is 0.204. The average Bonchev–Trinajstić information content (AvgIpc) is 3.72. The van der Waals surface area contributed by atoms with Gasteiger partial charge < -0.3 is 62.4 Å². The van der Waals surface area contributed by atoms with Crippen LogP contribution in [-0.2, 0) is 37.2 Å². The molecule has 0 aromatic heterocycles. The molecule has 4 aromatic carbocycles. The Labute approximate surface area is 338 Å². The van der Waals surface area contributed by atoms with E-state index in [0.29, 0.717) is 18.2 Å². The number of methoxy groups -OCH3 is 4. The zero-order valence-electron chi connectivity index (χ0n) is 30.7. The molecule has 0 fully saturated rings. The van der Waals surface area contributed by atoms with Gasteiger partial charge in [-0.15, -0.1) is 0 Å². The molecule has 2 aliphatic rings. The van der Waals surface area contributed by atoms with Gasteiger partial charge in [0.05, 0.1) is 34.9 Å². The summed E-state index contributed by atoms with van der Waals surface area (Å²) in [7, 11) is 6.68. The van der Waals surface area contributed by atoms with Gasteiger partial charge in [0.1, 0.15) is 35.1 Å². The zero-order chi connectivity index (χ0) is 34.8. The van der Waals surface area contributed by atoms with Gasteiger partial charge in [0.15, 0.2) is 23.0 Å². The van der Waals surface area contributed by atoms with Crippen LogP contribution in [0.25, 0.3) is 0 Å². The summed E-state index contributed by atoms with van der Waals surface area (Å²) in [4.78, 5) is 10.6. The Kier molecular flexibility index (Phi) is 14.8. The molecular weight excluding hydrogens is 835 g/mol. The van der Waals surface area contributed by atoms with Gasteiger partial charge in [0.2, 0.25) is 0 Å². The summed E-state index contributed by atoms with van der Waals surface area (Å²) >= 11 is 0. The van der Waals surface area contributed by atoms with Crippen LogP contribution < -0.4 is 52.9 Å². The topological polar surface area (TPSA) is 80.1 Å². The van der Waals surface area contributed by atoms with E-state index < -0.39 is 11.2 Å². The van der Waals surface area contributed by atoms with Gasteiger partial charge in [-0.3, -0.25) is 0 Å². The van der Waals surface area contributed by atoms with Crippen molar-refractivity contribution in [2.45, 2.75) is 57.4 Å². The molecule has 8 nitrogen and oxygen atoms in total. The fourth-order valence-electron chi connectivity index (χ4n) is 7.17. The van der Waals surface area contributed by atoms with Crippen LogP contribution >= 0.6 is 0 Å². The van der Waals surface area contributed by atoms with Crippen LogP contribution in [0.3, 0.4) is 0 Å². The second-order valence-electron chi connectivity index (χ2n) is 13.2. The van der Waals surface area contributed by atoms with Gasteiger partial charge in [-0.05, 0) is 60.4 Å². The van der Waals surface area contributed by atoms with E-state index in [1.807, 2.05) is 48.5 Å². The standard InChI is InChI=1S/C41H46N2O6.2BrH.Ni/c1-26(2)38-40(28-9-17-32(44-5)18-10-28,29-11-19-33(45-6)20-12-29)48-36(42-38)25-37-43-39(27(3)4)41(49-37,30-13-21-34(46-7)22-14-30)31-15-23-35(47-8)24-16-31;;;/h9-24,26-27,38-39H,25H2,1-8H3;2*1H;/q;;;+2/p-2/t38-,39-;;;/m1.../s1. The Bertz CT molecular complexity index is 1570. The summed E-state index contributed by atoms with van der Waals surface area (Å²) in [6.07, 6.45) is 0.300. The summed E-state index contributed by atoms with van der Waals surface area (Å²) in [5.74, 6) is 4.54. The van der Waals surface area contributed by atoms with Crippen molar-refractivity contribution in [1.29, 1.82) is 0 Å². The van der Waals surface area contributed by atoms with Crippen molar-refractivity contribution in [3.63, 3.8) is 0 Å². The average molecular weight is 881 g/mol. The monoisotopic (exact) mass is 878 g/mol. The number of aliphatic imine (C=N–C) groups is 2. The molecule has 0 spiro atoms. The molecule has 0 bridgehead atoms. The fraction of sp³-hybridized carbons (Fsp3) is 0.366. The first kappa shape index (κ1) is 42.9. The van der Waals surface area contributed by atoms with Crippen LogP contribution in [0.2, 0.25) is 0 Å². The maximum Gasteiger partial charge on any atom is 2.00 e. The third-order valence-corrected chi connectivity index (χ3v) is 9.60. The third kappa shape index (κ3) is 7.87. The first-order valence-corrected chi connectivity index (χ1v) is 16.8. The van der Waals surface area contributed by atoms with Crippen molar-refractivity contribution in [2.24, 2.45) is 21.8 Å². The van der Waals surface area contributed by atoms with E-state index in [1.54, 1.807) is 28.4 Å². The predicted octanol–water partition coefficient (Wildman–Crippen LogP) is 2.21. The number of rotatable bonds is 12.